The van der Waals surface area contributed by atoms with Crippen molar-refractivity contribution in [2.24, 2.45) is 5.73 Å². The maximum absolute atomic E-state index is 6.04. The minimum absolute atomic E-state index is 0.115. The summed E-state index contributed by atoms with van der Waals surface area (Å²) in [6.07, 6.45) is -0.180. The summed E-state index contributed by atoms with van der Waals surface area (Å²) in [4.78, 5) is 0. The lowest BCUT2D eigenvalue weighted by molar-refractivity contribution is 0.0256. The minimum atomic E-state index is -0.180. The summed E-state index contributed by atoms with van der Waals surface area (Å²) in [6.45, 7) is 2.44. The van der Waals surface area contributed by atoms with E-state index in [2.05, 4.69) is 15.9 Å². The molecular formula is C16H17BrClNO. The first-order chi connectivity index (χ1) is 9.58. The Morgan fingerprint density at radius 1 is 1.20 bits per heavy atom. The van der Waals surface area contributed by atoms with E-state index in [1.165, 1.54) is 0 Å². The van der Waals surface area contributed by atoms with Gasteiger partial charge in [0.15, 0.2) is 0 Å². The second-order valence-electron chi connectivity index (χ2n) is 4.74. The van der Waals surface area contributed by atoms with Crippen molar-refractivity contribution in [1.82, 2.24) is 0 Å². The predicted octanol–water partition coefficient (Wildman–Crippen LogP) is 4.71. The van der Waals surface area contributed by atoms with Gasteiger partial charge < -0.3 is 10.5 Å². The highest BCUT2D eigenvalue weighted by molar-refractivity contribution is 9.10. The number of nitrogens with two attached hydrogens (primary N) is 1. The highest BCUT2D eigenvalue weighted by Gasteiger charge is 2.17. The van der Waals surface area contributed by atoms with Gasteiger partial charge in [0.25, 0.3) is 0 Å². The lowest BCUT2D eigenvalue weighted by Gasteiger charge is -2.22. The van der Waals surface area contributed by atoms with Crippen LogP contribution >= 0.6 is 27.5 Å². The molecule has 2 aromatic carbocycles. The van der Waals surface area contributed by atoms with Crippen LogP contribution in [-0.4, -0.2) is 6.04 Å². The van der Waals surface area contributed by atoms with Gasteiger partial charge in [-0.2, -0.15) is 0 Å². The number of hydrogen-bond acceptors (Lipinski definition) is 2. The monoisotopic (exact) mass is 353 g/mol. The van der Waals surface area contributed by atoms with Crippen LogP contribution in [0.3, 0.4) is 0 Å². The van der Waals surface area contributed by atoms with Gasteiger partial charge in [-0.3, -0.25) is 0 Å². The van der Waals surface area contributed by atoms with E-state index in [4.69, 9.17) is 22.1 Å². The zero-order valence-electron chi connectivity index (χ0n) is 11.2. The van der Waals surface area contributed by atoms with Crippen LogP contribution in [0.5, 0.6) is 0 Å². The first-order valence-electron chi connectivity index (χ1n) is 6.44. The van der Waals surface area contributed by atoms with E-state index in [9.17, 15) is 0 Å². The molecule has 2 N–H and O–H groups in total. The van der Waals surface area contributed by atoms with Gasteiger partial charge >= 0.3 is 0 Å². The number of hydrogen-bond donors (Lipinski definition) is 1. The van der Waals surface area contributed by atoms with Gasteiger partial charge in [0, 0.05) is 15.5 Å². The molecule has 0 heterocycles. The number of rotatable bonds is 5. The van der Waals surface area contributed by atoms with Crippen molar-refractivity contribution in [3.05, 3.63) is 69.2 Å². The first-order valence-corrected chi connectivity index (χ1v) is 7.61. The molecule has 2 nitrogen and oxygen atoms in total. The van der Waals surface area contributed by atoms with Crippen molar-refractivity contribution in [3.8, 4) is 0 Å². The van der Waals surface area contributed by atoms with Gasteiger partial charge in [-0.05, 0) is 36.2 Å². The summed E-state index contributed by atoms with van der Waals surface area (Å²) in [7, 11) is 0. The van der Waals surface area contributed by atoms with Crippen molar-refractivity contribution >= 4 is 27.5 Å². The van der Waals surface area contributed by atoms with Gasteiger partial charge in [0.05, 0.1) is 12.7 Å². The molecule has 2 rings (SSSR count). The van der Waals surface area contributed by atoms with Crippen LogP contribution in [0, 0.1) is 0 Å². The van der Waals surface area contributed by atoms with Crippen LogP contribution in [0.2, 0.25) is 5.02 Å². The molecule has 0 aliphatic heterocycles. The summed E-state index contributed by atoms with van der Waals surface area (Å²) < 4.78 is 7.03. The highest BCUT2D eigenvalue weighted by Crippen LogP contribution is 2.26. The highest BCUT2D eigenvalue weighted by atomic mass is 79.9. The van der Waals surface area contributed by atoms with E-state index < -0.39 is 0 Å². The number of benzene rings is 2. The standard InChI is InChI=1S/C16H17BrClNO/c1-11(19)16(12-6-4-7-14(18)9-12)20-10-13-5-2-3-8-15(13)17/h2-9,11,16H,10,19H2,1H3. The molecule has 0 aliphatic rings. The van der Waals surface area contributed by atoms with Crippen LogP contribution in [0.25, 0.3) is 0 Å². The van der Waals surface area contributed by atoms with Crippen molar-refractivity contribution < 1.29 is 4.74 Å². The third-order valence-electron chi connectivity index (χ3n) is 3.03. The second kappa shape index (κ2) is 7.23. The lowest BCUT2D eigenvalue weighted by atomic mass is 10.0. The molecule has 0 radical (unpaired) electrons. The van der Waals surface area contributed by atoms with Gasteiger partial charge in [-0.15, -0.1) is 0 Å². The smallest absolute Gasteiger partial charge is 0.0978 e. The molecule has 4 heteroatoms. The summed E-state index contributed by atoms with van der Waals surface area (Å²) in [5.41, 5.74) is 8.14. The Balaban J connectivity index is 2.13. The zero-order chi connectivity index (χ0) is 14.5. The van der Waals surface area contributed by atoms with E-state index in [1.54, 1.807) is 0 Å². The summed E-state index contributed by atoms with van der Waals surface area (Å²) in [6, 6.07) is 15.5. The SMILES string of the molecule is CC(N)C(OCc1ccccc1Br)c1cccc(Cl)c1. The van der Waals surface area contributed by atoms with Gasteiger partial charge in [0.1, 0.15) is 0 Å². The predicted molar refractivity (Wildman–Crippen MR) is 86.8 cm³/mol. The van der Waals surface area contributed by atoms with Crippen LogP contribution in [-0.2, 0) is 11.3 Å². The molecule has 0 saturated heterocycles. The van der Waals surface area contributed by atoms with Crippen LogP contribution in [0.1, 0.15) is 24.2 Å². The first kappa shape index (κ1) is 15.5. The van der Waals surface area contributed by atoms with Crippen molar-refractivity contribution in [3.63, 3.8) is 0 Å². The summed E-state index contributed by atoms with van der Waals surface area (Å²) >= 11 is 9.55. The van der Waals surface area contributed by atoms with Gasteiger partial charge in [-0.25, -0.2) is 0 Å². The van der Waals surface area contributed by atoms with E-state index in [0.29, 0.717) is 11.6 Å². The Bertz CT molecular complexity index is 574. The molecule has 2 unspecified atom stereocenters. The quantitative estimate of drug-likeness (QED) is 0.844. The maximum Gasteiger partial charge on any atom is 0.0978 e. The maximum atomic E-state index is 6.04. The zero-order valence-corrected chi connectivity index (χ0v) is 13.6. The number of halogens is 2. The Morgan fingerprint density at radius 3 is 2.60 bits per heavy atom. The summed E-state index contributed by atoms with van der Waals surface area (Å²) in [5, 5.41) is 0.692. The molecule has 0 amide bonds. The molecule has 0 spiro atoms. The molecule has 20 heavy (non-hydrogen) atoms. The van der Waals surface area contributed by atoms with Gasteiger partial charge in [0.2, 0.25) is 0 Å². The van der Waals surface area contributed by atoms with E-state index in [1.807, 2.05) is 55.5 Å². The lowest BCUT2D eigenvalue weighted by Crippen LogP contribution is -2.27. The molecule has 0 bridgehead atoms. The fraction of sp³-hybridized carbons (Fsp3) is 0.250. The largest absolute Gasteiger partial charge is 0.367 e. The fourth-order valence-electron chi connectivity index (χ4n) is 2.03. The van der Waals surface area contributed by atoms with Crippen LogP contribution < -0.4 is 5.73 Å². The fourth-order valence-corrected chi connectivity index (χ4v) is 2.63. The van der Waals surface area contributed by atoms with Crippen molar-refractivity contribution in [1.29, 1.82) is 0 Å². The average Bonchev–Trinajstić information content (AvgIpc) is 2.41. The Labute approximate surface area is 133 Å². The molecule has 2 atom stereocenters. The number of ether oxygens (including phenoxy) is 1. The molecule has 106 valence electrons. The minimum Gasteiger partial charge on any atom is -0.367 e. The van der Waals surface area contributed by atoms with Crippen molar-refractivity contribution in [2.45, 2.75) is 25.7 Å². The molecule has 0 saturated carbocycles. The Hall–Kier alpha value is -0.870. The third kappa shape index (κ3) is 4.06. The topological polar surface area (TPSA) is 35.2 Å². The van der Waals surface area contributed by atoms with Crippen molar-refractivity contribution in [2.75, 3.05) is 0 Å². The van der Waals surface area contributed by atoms with E-state index >= 15 is 0 Å². The summed E-state index contributed by atoms with van der Waals surface area (Å²) in [5.74, 6) is 0. The third-order valence-corrected chi connectivity index (χ3v) is 4.04. The second-order valence-corrected chi connectivity index (χ2v) is 6.03. The molecular weight excluding hydrogens is 338 g/mol. The van der Waals surface area contributed by atoms with E-state index in [-0.39, 0.29) is 12.1 Å². The molecule has 2 aromatic rings. The molecule has 0 fully saturated rings. The molecule has 0 aromatic heterocycles. The van der Waals surface area contributed by atoms with Gasteiger partial charge in [-0.1, -0.05) is 57.9 Å². The van der Waals surface area contributed by atoms with Crippen LogP contribution in [0.4, 0.5) is 0 Å². The van der Waals surface area contributed by atoms with Crippen LogP contribution in [0.15, 0.2) is 53.0 Å². The normalized spacial score (nSPS) is 14.0. The average molecular weight is 355 g/mol. The molecule has 0 aliphatic carbocycles. The Morgan fingerprint density at radius 2 is 1.95 bits per heavy atom. The Kier molecular flexibility index (Phi) is 5.61. The van der Waals surface area contributed by atoms with E-state index in [0.717, 1.165) is 15.6 Å².